The molecule has 2 aliphatic carbocycles. The van der Waals surface area contributed by atoms with E-state index in [0.29, 0.717) is 29.7 Å². The summed E-state index contributed by atoms with van der Waals surface area (Å²) in [6, 6.07) is 10.9. The van der Waals surface area contributed by atoms with Crippen LogP contribution in [-0.4, -0.2) is 47.0 Å². The van der Waals surface area contributed by atoms with Crippen LogP contribution in [0.3, 0.4) is 0 Å². The maximum absolute atomic E-state index is 12.9. The van der Waals surface area contributed by atoms with E-state index in [1.165, 1.54) is 16.6 Å². The number of aromatic nitrogens is 2. The second kappa shape index (κ2) is 6.34. The Balaban J connectivity index is 1.18. The Hall–Kier alpha value is -2.31. The smallest absolute Gasteiger partial charge is 0.253 e. The minimum absolute atomic E-state index is 0.148. The Morgan fingerprint density at radius 3 is 2.62 bits per heavy atom. The number of rotatable bonds is 4. The summed E-state index contributed by atoms with van der Waals surface area (Å²) in [5.74, 6) is 3.25. The first-order valence-corrected chi connectivity index (χ1v) is 11.3. The van der Waals surface area contributed by atoms with Crippen LogP contribution in [0.1, 0.15) is 45.7 Å². The van der Waals surface area contributed by atoms with Gasteiger partial charge in [-0.25, -0.2) is 9.97 Å². The lowest BCUT2D eigenvalue weighted by Crippen LogP contribution is -2.34. The quantitative estimate of drug-likeness (QED) is 0.722. The molecule has 0 spiro atoms. The predicted molar refractivity (Wildman–Crippen MR) is 114 cm³/mol. The van der Waals surface area contributed by atoms with Crippen LogP contribution < -0.4 is 5.32 Å². The first kappa shape index (κ1) is 17.5. The molecular weight excluding hydrogens is 380 g/mol. The van der Waals surface area contributed by atoms with E-state index in [2.05, 4.69) is 33.9 Å². The van der Waals surface area contributed by atoms with E-state index in [0.717, 1.165) is 35.7 Å². The number of nitrogens with zero attached hydrogens (tertiary/aromatic N) is 3. The van der Waals surface area contributed by atoms with Gasteiger partial charge in [0.15, 0.2) is 0 Å². The Labute approximate surface area is 174 Å². The van der Waals surface area contributed by atoms with E-state index in [1.54, 1.807) is 11.3 Å². The summed E-state index contributed by atoms with van der Waals surface area (Å²) in [5.41, 5.74) is 3.29. The molecule has 3 fully saturated rings. The van der Waals surface area contributed by atoms with E-state index < -0.39 is 0 Å². The molecule has 6 heteroatoms. The molecule has 1 aliphatic heterocycles. The van der Waals surface area contributed by atoms with Gasteiger partial charge >= 0.3 is 0 Å². The summed E-state index contributed by atoms with van der Waals surface area (Å²) in [4.78, 5) is 25.2. The average Bonchev–Trinajstić information content (AvgIpc) is 3.54. The number of hydrogen-bond donors (Lipinski definition) is 1. The van der Waals surface area contributed by atoms with Gasteiger partial charge in [0.1, 0.15) is 10.7 Å². The lowest BCUT2D eigenvalue weighted by molar-refractivity contribution is 0.0769. The molecule has 4 unspecified atom stereocenters. The lowest BCUT2D eigenvalue weighted by Gasteiger charge is -2.20. The van der Waals surface area contributed by atoms with Crippen molar-refractivity contribution >= 4 is 27.5 Å². The minimum Gasteiger partial charge on any atom is -0.338 e. The first-order chi connectivity index (χ1) is 14.1. The van der Waals surface area contributed by atoms with E-state index in [1.807, 2.05) is 31.0 Å². The summed E-state index contributed by atoms with van der Waals surface area (Å²) in [5, 5.41) is 6.69. The number of fused-ring (bicyclic) bond motifs is 2. The fourth-order valence-electron chi connectivity index (χ4n) is 5.31. The number of thiophene rings is 1. The minimum atomic E-state index is 0.148. The molecule has 3 aliphatic rings. The van der Waals surface area contributed by atoms with Crippen LogP contribution in [0.5, 0.6) is 0 Å². The van der Waals surface area contributed by atoms with Crippen molar-refractivity contribution in [2.24, 2.45) is 11.8 Å². The third kappa shape index (κ3) is 2.81. The van der Waals surface area contributed by atoms with E-state index in [9.17, 15) is 4.79 Å². The van der Waals surface area contributed by atoms with Crippen LogP contribution in [0.15, 0.2) is 35.7 Å². The van der Waals surface area contributed by atoms with E-state index in [-0.39, 0.29) is 5.91 Å². The molecule has 2 aromatic heterocycles. The number of carbonyl (C=O) groups excluding carboxylic acids is 1. The fraction of sp³-hybridized carbons (Fsp3) is 0.435. The average molecular weight is 405 g/mol. The van der Waals surface area contributed by atoms with Gasteiger partial charge < -0.3 is 10.2 Å². The largest absolute Gasteiger partial charge is 0.338 e. The Bertz CT molecular complexity index is 1100. The number of piperidine rings is 1. The molecule has 2 saturated carbocycles. The molecule has 29 heavy (non-hydrogen) atoms. The van der Waals surface area contributed by atoms with Gasteiger partial charge in [-0.3, -0.25) is 4.79 Å². The summed E-state index contributed by atoms with van der Waals surface area (Å²) >= 11 is 1.68. The van der Waals surface area contributed by atoms with Crippen LogP contribution >= 0.6 is 11.3 Å². The van der Waals surface area contributed by atoms with Gasteiger partial charge in [0.05, 0.1) is 5.69 Å². The molecule has 148 valence electrons. The van der Waals surface area contributed by atoms with Crippen molar-refractivity contribution in [1.82, 2.24) is 20.2 Å². The van der Waals surface area contributed by atoms with Gasteiger partial charge in [0.25, 0.3) is 5.91 Å². The number of benzene rings is 1. The topological polar surface area (TPSA) is 58.1 Å². The van der Waals surface area contributed by atoms with Crippen LogP contribution in [-0.2, 0) is 0 Å². The predicted octanol–water partition coefficient (Wildman–Crippen LogP) is 3.56. The maximum Gasteiger partial charge on any atom is 0.253 e. The summed E-state index contributed by atoms with van der Waals surface area (Å²) < 4.78 is 0. The second-order valence-corrected chi connectivity index (χ2v) is 9.65. The zero-order valence-electron chi connectivity index (χ0n) is 16.6. The maximum atomic E-state index is 12.9. The van der Waals surface area contributed by atoms with Crippen molar-refractivity contribution in [3.05, 3.63) is 58.4 Å². The van der Waals surface area contributed by atoms with E-state index in [4.69, 9.17) is 4.98 Å². The monoisotopic (exact) mass is 404 g/mol. The molecule has 3 aromatic rings. The van der Waals surface area contributed by atoms with Crippen molar-refractivity contribution < 1.29 is 4.79 Å². The normalized spacial score (nSPS) is 29.7. The number of nitrogens with one attached hydrogen (secondary N) is 1. The molecule has 4 atom stereocenters. The third-order valence-corrected chi connectivity index (χ3v) is 7.81. The van der Waals surface area contributed by atoms with Gasteiger partial charge in [-0.2, -0.15) is 0 Å². The van der Waals surface area contributed by atoms with Crippen molar-refractivity contribution in [3.8, 4) is 0 Å². The fourth-order valence-corrected chi connectivity index (χ4v) is 6.13. The Morgan fingerprint density at radius 2 is 1.86 bits per heavy atom. The van der Waals surface area contributed by atoms with Crippen LogP contribution in [0, 0.1) is 18.8 Å². The highest BCUT2D eigenvalue weighted by molar-refractivity contribution is 7.16. The van der Waals surface area contributed by atoms with Gasteiger partial charge in [-0.05, 0) is 60.2 Å². The van der Waals surface area contributed by atoms with Gasteiger partial charge in [-0.15, -0.1) is 11.3 Å². The zero-order chi connectivity index (χ0) is 19.7. The van der Waals surface area contributed by atoms with Crippen LogP contribution in [0.2, 0.25) is 0 Å². The molecule has 1 aromatic carbocycles. The second-order valence-electron chi connectivity index (χ2n) is 8.76. The number of hydrogen-bond acceptors (Lipinski definition) is 5. The molecule has 1 saturated heterocycles. The van der Waals surface area contributed by atoms with Crippen molar-refractivity contribution in [2.75, 3.05) is 20.1 Å². The Kier molecular flexibility index (Phi) is 3.84. The van der Waals surface area contributed by atoms with Crippen LogP contribution in [0.25, 0.3) is 10.2 Å². The van der Waals surface area contributed by atoms with Crippen molar-refractivity contribution in [2.45, 2.75) is 31.2 Å². The van der Waals surface area contributed by atoms with Crippen molar-refractivity contribution in [3.63, 3.8) is 0 Å². The van der Waals surface area contributed by atoms with Gasteiger partial charge in [0.2, 0.25) is 0 Å². The Morgan fingerprint density at radius 1 is 1.10 bits per heavy atom. The van der Waals surface area contributed by atoms with Gasteiger partial charge in [-0.1, -0.05) is 12.1 Å². The SMILES string of the molecule is Cc1nc(C2CC2c2ccc(C(=O)N(C)C3C4CNCC43)cc2)c2ccsc2n1. The highest BCUT2D eigenvalue weighted by Crippen LogP contribution is 2.55. The number of aryl methyl sites for hydroxylation is 1. The lowest BCUT2D eigenvalue weighted by atomic mass is 10.0. The molecule has 1 amide bonds. The molecule has 0 bridgehead atoms. The molecule has 6 rings (SSSR count). The molecule has 5 nitrogen and oxygen atoms in total. The zero-order valence-corrected chi connectivity index (χ0v) is 17.4. The van der Waals surface area contributed by atoms with Crippen LogP contribution in [0.4, 0.5) is 0 Å². The molecule has 1 N–H and O–H groups in total. The molecular formula is C23H24N4OS. The van der Waals surface area contributed by atoms with Gasteiger partial charge in [0, 0.05) is 43.0 Å². The summed E-state index contributed by atoms with van der Waals surface area (Å²) in [7, 11) is 1.96. The van der Waals surface area contributed by atoms with E-state index >= 15 is 0 Å². The first-order valence-electron chi connectivity index (χ1n) is 10.4. The molecule has 3 heterocycles. The summed E-state index contributed by atoms with van der Waals surface area (Å²) in [6.07, 6.45) is 1.12. The molecule has 0 radical (unpaired) electrons. The standard InChI is InChI=1S/C23H24N4OS/c1-12-25-20(15-7-8-29-22(15)26-12)17-9-16(17)13-3-5-14(6-4-13)23(28)27(2)21-18-10-24-11-19(18)21/h3-8,16-19,21,24H,9-11H2,1-2H3. The number of carbonyl (C=O) groups is 1. The number of amides is 1. The third-order valence-electron chi connectivity index (χ3n) is 7.01. The highest BCUT2D eigenvalue weighted by Gasteiger charge is 2.56. The highest BCUT2D eigenvalue weighted by atomic mass is 32.1. The summed E-state index contributed by atoms with van der Waals surface area (Å²) in [6.45, 7) is 4.07. The van der Waals surface area contributed by atoms with Crippen molar-refractivity contribution in [1.29, 1.82) is 0 Å².